The number of hydrogen-bond acceptors (Lipinski definition) is 5. The maximum absolute atomic E-state index is 5.98. The van der Waals surface area contributed by atoms with Crippen molar-refractivity contribution < 1.29 is 4.74 Å². The number of anilines is 2. The fourth-order valence-corrected chi connectivity index (χ4v) is 2.77. The molecule has 2 aromatic rings. The molecule has 1 fully saturated rings. The van der Waals surface area contributed by atoms with Crippen molar-refractivity contribution in [1.29, 1.82) is 0 Å². The molecule has 0 radical (unpaired) electrons. The monoisotopic (exact) mass is 286 g/mol. The predicted octanol–water partition coefficient (Wildman–Crippen LogP) is 1.95. The Morgan fingerprint density at radius 2 is 2.33 bits per heavy atom. The summed E-state index contributed by atoms with van der Waals surface area (Å²) in [5, 5.41) is 4.54. The van der Waals surface area contributed by atoms with E-state index in [1.165, 1.54) is 0 Å². The van der Waals surface area contributed by atoms with Gasteiger partial charge in [-0.05, 0) is 18.7 Å². The van der Waals surface area contributed by atoms with E-state index in [1.807, 2.05) is 24.3 Å². The van der Waals surface area contributed by atoms with Crippen LogP contribution in [0, 0.1) is 0 Å². The first-order valence-electron chi connectivity index (χ1n) is 7.49. The summed E-state index contributed by atoms with van der Waals surface area (Å²) in [4.78, 5) is 6.77. The molecule has 5 heteroatoms. The number of benzene rings is 1. The molecule has 5 nitrogen and oxygen atoms in total. The molecule has 1 saturated heterocycles. The molecular formula is C16H22N4O. The molecule has 3 N–H and O–H groups in total. The van der Waals surface area contributed by atoms with Gasteiger partial charge < -0.3 is 15.8 Å². The summed E-state index contributed by atoms with van der Waals surface area (Å²) in [5.41, 5.74) is 8.60. The van der Waals surface area contributed by atoms with Crippen LogP contribution >= 0.6 is 0 Å². The van der Waals surface area contributed by atoms with Crippen molar-refractivity contribution >= 4 is 22.3 Å². The van der Waals surface area contributed by atoms with Gasteiger partial charge in [-0.2, -0.15) is 0 Å². The van der Waals surface area contributed by atoms with Crippen LogP contribution in [0.1, 0.15) is 6.92 Å². The summed E-state index contributed by atoms with van der Waals surface area (Å²) in [6, 6.07) is 7.87. The molecule has 0 amide bonds. The molecule has 0 aliphatic carbocycles. The number of nitrogen functional groups attached to an aromatic ring is 1. The minimum absolute atomic E-state index is 0.225. The molecule has 1 aromatic carbocycles. The second kappa shape index (κ2) is 6.28. The molecule has 0 spiro atoms. The van der Waals surface area contributed by atoms with E-state index in [9.17, 15) is 0 Å². The number of likely N-dealkylation sites (N-methyl/N-ethyl adjacent to an activating group) is 1. The topological polar surface area (TPSA) is 63.4 Å². The van der Waals surface area contributed by atoms with Crippen molar-refractivity contribution in [2.45, 2.75) is 13.0 Å². The second-order valence-corrected chi connectivity index (χ2v) is 5.37. The number of nitrogens with two attached hydrogens (primary N) is 1. The van der Waals surface area contributed by atoms with Crippen LogP contribution in [0.15, 0.2) is 30.5 Å². The van der Waals surface area contributed by atoms with Gasteiger partial charge in [0.05, 0.1) is 23.9 Å². The number of nitrogens with zero attached hydrogens (tertiary/aromatic N) is 2. The van der Waals surface area contributed by atoms with E-state index in [4.69, 9.17) is 10.5 Å². The zero-order valence-electron chi connectivity index (χ0n) is 12.4. The Hall–Kier alpha value is -1.85. The molecule has 1 aliphatic rings. The normalized spacial score (nSPS) is 19.8. The van der Waals surface area contributed by atoms with Gasteiger partial charge in [-0.3, -0.25) is 9.88 Å². The van der Waals surface area contributed by atoms with Crippen LogP contribution in [0.25, 0.3) is 10.9 Å². The van der Waals surface area contributed by atoms with Crippen molar-refractivity contribution in [3.63, 3.8) is 0 Å². The van der Waals surface area contributed by atoms with Gasteiger partial charge in [0.2, 0.25) is 0 Å². The molecular weight excluding hydrogens is 264 g/mol. The number of fused-ring (bicyclic) bond motifs is 1. The Morgan fingerprint density at radius 3 is 3.19 bits per heavy atom. The highest BCUT2D eigenvalue weighted by atomic mass is 16.5. The lowest BCUT2D eigenvalue weighted by Gasteiger charge is -2.32. The van der Waals surface area contributed by atoms with Gasteiger partial charge in [-0.1, -0.05) is 19.1 Å². The fraction of sp³-hybridized carbons (Fsp3) is 0.438. The summed E-state index contributed by atoms with van der Waals surface area (Å²) < 4.78 is 5.82. The Balaban J connectivity index is 1.72. The molecule has 0 saturated carbocycles. The van der Waals surface area contributed by atoms with Crippen LogP contribution in [0.5, 0.6) is 0 Å². The smallest absolute Gasteiger partial charge is 0.0951 e. The van der Waals surface area contributed by atoms with Gasteiger partial charge in [0.1, 0.15) is 0 Å². The fourth-order valence-electron chi connectivity index (χ4n) is 2.77. The first-order chi connectivity index (χ1) is 10.3. The molecule has 1 unspecified atom stereocenters. The number of aromatic nitrogens is 1. The first kappa shape index (κ1) is 14.1. The highest BCUT2D eigenvalue weighted by molar-refractivity contribution is 5.97. The maximum Gasteiger partial charge on any atom is 0.0951 e. The van der Waals surface area contributed by atoms with Crippen molar-refractivity contribution in [2.24, 2.45) is 0 Å². The number of nitrogens with one attached hydrogen (secondary N) is 1. The van der Waals surface area contributed by atoms with Crippen LogP contribution in [0.2, 0.25) is 0 Å². The predicted molar refractivity (Wildman–Crippen MR) is 86.5 cm³/mol. The van der Waals surface area contributed by atoms with Gasteiger partial charge in [0.15, 0.2) is 0 Å². The minimum atomic E-state index is 0.225. The number of para-hydroxylation sites is 1. The summed E-state index contributed by atoms with van der Waals surface area (Å²) in [6.45, 7) is 6.88. The summed E-state index contributed by atoms with van der Waals surface area (Å²) in [6.07, 6.45) is 2.02. The molecule has 112 valence electrons. The van der Waals surface area contributed by atoms with Crippen molar-refractivity contribution in [1.82, 2.24) is 9.88 Å². The molecule has 1 atom stereocenters. The van der Waals surface area contributed by atoms with Crippen LogP contribution in [-0.2, 0) is 4.74 Å². The van der Waals surface area contributed by atoms with Crippen molar-refractivity contribution in [2.75, 3.05) is 43.8 Å². The second-order valence-electron chi connectivity index (χ2n) is 5.37. The number of ether oxygens (including phenoxy) is 1. The van der Waals surface area contributed by atoms with E-state index in [0.29, 0.717) is 5.69 Å². The van der Waals surface area contributed by atoms with E-state index < -0.39 is 0 Å². The zero-order valence-corrected chi connectivity index (χ0v) is 12.4. The van der Waals surface area contributed by atoms with Gasteiger partial charge >= 0.3 is 0 Å². The number of rotatable bonds is 4. The summed E-state index contributed by atoms with van der Waals surface area (Å²) >= 11 is 0. The SMILES string of the molecule is CCN1CCOC(CNc2ccnc3c(N)cccc23)C1. The quantitative estimate of drug-likeness (QED) is 0.841. The largest absolute Gasteiger partial charge is 0.397 e. The third kappa shape index (κ3) is 3.09. The molecule has 1 aliphatic heterocycles. The van der Waals surface area contributed by atoms with Gasteiger partial charge in [0, 0.05) is 36.9 Å². The van der Waals surface area contributed by atoms with Crippen LogP contribution in [0.4, 0.5) is 11.4 Å². The standard InChI is InChI=1S/C16H22N4O/c1-2-20-8-9-21-12(11-20)10-19-15-6-7-18-16-13(15)4-3-5-14(16)17/h3-7,12H,2,8-11,17H2,1H3,(H,18,19). The van der Waals surface area contributed by atoms with Crippen LogP contribution in [0.3, 0.4) is 0 Å². The molecule has 0 bridgehead atoms. The minimum Gasteiger partial charge on any atom is -0.397 e. The van der Waals surface area contributed by atoms with Gasteiger partial charge in [0.25, 0.3) is 0 Å². The zero-order chi connectivity index (χ0) is 14.7. The Bertz CT molecular complexity index is 616. The molecule has 2 heterocycles. The average Bonchev–Trinajstić information content (AvgIpc) is 2.53. The van der Waals surface area contributed by atoms with Gasteiger partial charge in [-0.25, -0.2) is 0 Å². The molecule has 21 heavy (non-hydrogen) atoms. The van der Waals surface area contributed by atoms with Crippen LogP contribution < -0.4 is 11.1 Å². The third-order valence-electron chi connectivity index (χ3n) is 3.99. The number of morpholine rings is 1. The van der Waals surface area contributed by atoms with Crippen LogP contribution in [-0.4, -0.2) is 48.8 Å². The van der Waals surface area contributed by atoms with E-state index >= 15 is 0 Å². The Morgan fingerprint density at radius 1 is 1.43 bits per heavy atom. The number of pyridine rings is 1. The van der Waals surface area contributed by atoms with E-state index in [2.05, 4.69) is 22.1 Å². The first-order valence-corrected chi connectivity index (χ1v) is 7.49. The van der Waals surface area contributed by atoms with E-state index in [-0.39, 0.29) is 6.10 Å². The van der Waals surface area contributed by atoms with Crippen molar-refractivity contribution in [3.8, 4) is 0 Å². The Kier molecular flexibility index (Phi) is 4.22. The van der Waals surface area contributed by atoms with Gasteiger partial charge in [-0.15, -0.1) is 0 Å². The van der Waals surface area contributed by atoms with E-state index in [1.54, 1.807) is 6.20 Å². The van der Waals surface area contributed by atoms with Crippen molar-refractivity contribution in [3.05, 3.63) is 30.5 Å². The maximum atomic E-state index is 5.98. The highest BCUT2D eigenvalue weighted by Crippen LogP contribution is 2.25. The summed E-state index contributed by atoms with van der Waals surface area (Å²) in [5.74, 6) is 0. The molecule has 1 aromatic heterocycles. The van der Waals surface area contributed by atoms with E-state index in [0.717, 1.165) is 49.4 Å². The third-order valence-corrected chi connectivity index (χ3v) is 3.99. The average molecular weight is 286 g/mol. The lowest BCUT2D eigenvalue weighted by Crippen LogP contribution is -2.45. The highest BCUT2D eigenvalue weighted by Gasteiger charge is 2.19. The number of hydrogen-bond donors (Lipinski definition) is 2. The lowest BCUT2D eigenvalue weighted by atomic mass is 10.1. The Labute approximate surface area is 125 Å². The molecule has 3 rings (SSSR count). The lowest BCUT2D eigenvalue weighted by molar-refractivity contribution is -0.0191. The summed E-state index contributed by atoms with van der Waals surface area (Å²) in [7, 11) is 0.